The second kappa shape index (κ2) is 3.18. The van der Waals surface area contributed by atoms with Crippen molar-refractivity contribution in [1.29, 1.82) is 0 Å². The first kappa shape index (κ1) is 7.78. The predicted molar refractivity (Wildman–Crippen MR) is 41.2 cm³/mol. The van der Waals surface area contributed by atoms with Gasteiger partial charge in [-0.3, -0.25) is 4.99 Å². The Labute approximate surface area is 64.7 Å². The van der Waals surface area contributed by atoms with E-state index in [1.165, 1.54) is 7.11 Å². The normalized spacial score (nSPS) is 16.8. The van der Waals surface area contributed by atoms with Gasteiger partial charge in [-0.2, -0.15) is 0 Å². The fourth-order valence-corrected chi connectivity index (χ4v) is 0.894. The quantitative estimate of drug-likeness (QED) is 0.534. The maximum atomic E-state index is 10.9. The van der Waals surface area contributed by atoms with E-state index in [1.807, 2.05) is 0 Å². The minimum atomic E-state index is -0.317. The second-order valence-corrected chi connectivity index (χ2v) is 2.22. The molecule has 1 aliphatic rings. The standard InChI is InChI=1S/C7H10N2O2/c1-11-7(10)5-2-3-9-6(8)4-5/h4H,2-3H2,1H3,(H2,8,9). The Hall–Kier alpha value is -1.32. The molecule has 4 heteroatoms. The number of hydrogen-bond donors (Lipinski definition) is 1. The first-order valence-electron chi connectivity index (χ1n) is 3.33. The van der Waals surface area contributed by atoms with Gasteiger partial charge in [0.2, 0.25) is 0 Å². The summed E-state index contributed by atoms with van der Waals surface area (Å²) in [4.78, 5) is 14.8. The highest BCUT2D eigenvalue weighted by atomic mass is 16.5. The number of hydrogen-bond acceptors (Lipinski definition) is 4. The predicted octanol–water partition coefficient (Wildman–Crippen LogP) is -0.153. The molecular weight excluding hydrogens is 144 g/mol. The van der Waals surface area contributed by atoms with Crippen LogP contribution in [-0.4, -0.2) is 25.5 Å². The minimum Gasteiger partial charge on any atom is -0.466 e. The van der Waals surface area contributed by atoms with Crippen LogP contribution in [-0.2, 0) is 9.53 Å². The third kappa shape index (κ3) is 1.80. The van der Waals surface area contributed by atoms with Crippen LogP contribution in [0.5, 0.6) is 0 Å². The summed E-state index contributed by atoms with van der Waals surface area (Å²) in [5.41, 5.74) is 5.98. The van der Waals surface area contributed by atoms with Crippen LogP contribution in [0.2, 0.25) is 0 Å². The maximum absolute atomic E-state index is 10.9. The van der Waals surface area contributed by atoms with Crippen molar-refractivity contribution in [3.8, 4) is 0 Å². The van der Waals surface area contributed by atoms with Crippen molar-refractivity contribution < 1.29 is 9.53 Å². The van der Waals surface area contributed by atoms with Gasteiger partial charge in [0, 0.05) is 12.1 Å². The lowest BCUT2D eigenvalue weighted by molar-refractivity contribution is -0.136. The van der Waals surface area contributed by atoms with E-state index in [2.05, 4.69) is 9.73 Å². The molecule has 0 saturated heterocycles. The van der Waals surface area contributed by atoms with Gasteiger partial charge in [-0.1, -0.05) is 0 Å². The van der Waals surface area contributed by atoms with Crippen LogP contribution in [0.25, 0.3) is 0 Å². The molecule has 1 rings (SSSR count). The molecule has 2 N–H and O–H groups in total. The van der Waals surface area contributed by atoms with Gasteiger partial charge in [0.25, 0.3) is 0 Å². The highest BCUT2D eigenvalue weighted by Gasteiger charge is 2.12. The minimum absolute atomic E-state index is 0.317. The molecule has 0 aromatic carbocycles. The molecule has 1 aliphatic heterocycles. The number of ether oxygens (including phenoxy) is 1. The summed E-state index contributed by atoms with van der Waals surface area (Å²) in [5.74, 6) is 0.0829. The molecule has 0 fully saturated rings. The van der Waals surface area contributed by atoms with Crippen molar-refractivity contribution in [3.05, 3.63) is 11.6 Å². The summed E-state index contributed by atoms with van der Waals surface area (Å²) in [5, 5.41) is 0. The van der Waals surface area contributed by atoms with E-state index >= 15 is 0 Å². The Kier molecular flexibility index (Phi) is 2.25. The molecular formula is C7H10N2O2. The SMILES string of the molecule is COC(=O)C1=CC(N)=NCC1. The number of esters is 1. The number of carbonyl (C=O) groups is 1. The van der Waals surface area contributed by atoms with Crippen LogP contribution in [0.1, 0.15) is 6.42 Å². The summed E-state index contributed by atoms with van der Waals surface area (Å²) in [7, 11) is 1.35. The van der Waals surface area contributed by atoms with Gasteiger partial charge in [0.05, 0.1) is 7.11 Å². The van der Waals surface area contributed by atoms with Gasteiger partial charge in [-0.05, 0) is 12.5 Å². The Morgan fingerprint density at radius 2 is 2.55 bits per heavy atom. The third-order valence-electron chi connectivity index (χ3n) is 1.45. The Balaban J connectivity index is 2.73. The molecule has 0 atom stereocenters. The first-order chi connectivity index (χ1) is 5.24. The van der Waals surface area contributed by atoms with Crippen LogP contribution >= 0.6 is 0 Å². The molecule has 0 spiro atoms. The van der Waals surface area contributed by atoms with Crippen molar-refractivity contribution in [2.45, 2.75) is 6.42 Å². The lowest BCUT2D eigenvalue weighted by Gasteiger charge is -2.07. The fraction of sp³-hybridized carbons (Fsp3) is 0.429. The molecule has 0 aliphatic carbocycles. The highest BCUT2D eigenvalue weighted by molar-refractivity contribution is 6.01. The number of rotatable bonds is 1. The number of methoxy groups -OCH3 is 1. The molecule has 11 heavy (non-hydrogen) atoms. The number of nitrogens with zero attached hydrogens (tertiary/aromatic N) is 1. The maximum Gasteiger partial charge on any atom is 0.333 e. The third-order valence-corrected chi connectivity index (χ3v) is 1.45. The molecule has 0 bridgehead atoms. The molecule has 1 heterocycles. The first-order valence-corrected chi connectivity index (χ1v) is 3.33. The van der Waals surface area contributed by atoms with Crippen molar-refractivity contribution >= 4 is 11.8 Å². The van der Waals surface area contributed by atoms with Crippen LogP contribution < -0.4 is 5.73 Å². The molecule has 0 amide bonds. The van der Waals surface area contributed by atoms with Crippen molar-refractivity contribution in [2.75, 3.05) is 13.7 Å². The molecule has 0 aromatic heterocycles. The molecule has 0 aromatic rings. The lowest BCUT2D eigenvalue weighted by atomic mass is 10.1. The Bertz CT molecular complexity index is 231. The molecule has 0 radical (unpaired) electrons. The van der Waals surface area contributed by atoms with Gasteiger partial charge in [0.1, 0.15) is 5.84 Å². The van der Waals surface area contributed by atoms with Gasteiger partial charge in [-0.15, -0.1) is 0 Å². The summed E-state index contributed by atoms with van der Waals surface area (Å²) in [6.07, 6.45) is 2.17. The average molecular weight is 154 g/mol. The van der Waals surface area contributed by atoms with Gasteiger partial charge in [0.15, 0.2) is 0 Å². The zero-order valence-electron chi connectivity index (χ0n) is 6.33. The summed E-state index contributed by atoms with van der Waals surface area (Å²) in [6.45, 7) is 0.576. The number of carbonyl (C=O) groups excluding carboxylic acids is 1. The summed E-state index contributed by atoms with van der Waals surface area (Å²) < 4.78 is 4.52. The van der Waals surface area contributed by atoms with E-state index < -0.39 is 0 Å². The van der Waals surface area contributed by atoms with E-state index in [9.17, 15) is 4.79 Å². The van der Waals surface area contributed by atoms with Gasteiger partial charge >= 0.3 is 5.97 Å². The lowest BCUT2D eigenvalue weighted by Crippen LogP contribution is -2.18. The molecule has 4 nitrogen and oxygen atoms in total. The van der Waals surface area contributed by atoms with E-state index in [0.29, 0.717) is 24.4 Å². The Morgan fingerprint density at radius 1 is 1.82 bits per heavy atom. The number of amidine groups is 1. The van der Waals surface area contributed by atoms with Crippen molar-refractivity contribution in [2.24, 2.45) is 10.7 Å². The van der Waals surface area contributed by atoms with Crippen LogP contribution in [0.3, 0.4) is 0 Å². The number of nitrogens with two attached hydrogens (primary N) is 1. The fourth-order valence-electron chi connectivity index (χ4n) is 0.894. The number of dihydropyridines is 1. The van der Waals surface area contributed by atoms with Crippen LogP contribution in [0.15, 0.2) is 16.6 Å². The highest BCUT2D eigenvalue weighted by Crippen LogP contribution is 2.07. The Morgan fingerprint density at radius 3 is 3.09 bits per heavy atom. The number of aliphatic imine (C=N–C) groups is 1. The van der Waals surface area contributed by atoms with E-state index in [-0.39, 0.29) is 5.97 Å². The largest absolute Gasteiger partial charge is 0.466 e. The summed E-state index contributed by atoms with van der Waals surface area (Å²) >= 11 is 0. The second-order valence-electron chi connectivity index (χ2n) is 2.22. The van der Waals surface area contributed by atoms with Crippen molar-refractivity contribution in [3.63, 3.8) is 0 Å². The molecule has 0 unspecified atom stereocenters. The molecule has 0 saturated carbocycles. The monoisotopic (exact) mass is 154 g/mol. The smallest absolute Gasteiger partial charge is 0.333 e. The zero-order valence-corrected chi connectivity index (χ0v) is 6.33. The topological polar surface area (TPSA) is 64.7 Å². The van der Waals surface area contributed by atoms with E-state index in [4.69, 9.17) is 5.73 Å². The average Bonchev–Trinajstić information content (AvgIpc) is 2.03. The van der Waals surface area contributed by atoms with E-state index in [0.717, 1.165) is 0 Å². The zero-order chi connectivity index (χ0) is 8.27. The van der Waals surface area contributed by atoms with E-state index in [1.54, 1.807) is 6.08 Å². The van der Waals surface area contributed by atoms with Crippen LogP contribution in [0.4, 0.5) is 0 Å². The summed E-state index contributed by atoms with van der Waals surface area (Å²) in [6, 6.07) is 0. The van der Waals surface area contributed by atoms with Crippen molar-refractivity contribution in [1.82, 2.24) is 0 Å². The molecule has 60 valence electrons. The van der Waals surface area contributed by atoms with Gasteiger partial charge in [-0.25, -0.2) is 4.79 Å². The van der Waals surface area contributed by atoms with Crippen LogP contribution in [0, 0.1) is 0 Å². The van der Waals surface area contributed by atoms with Gasteiger partial charge < -0.3 is 10.5 Å².